The molecule has 150 valence electrons. The van der Waals surface area contributed by atoms with E-state index in [1.54, 1.807) is 18.2 Å². The molecule has 0 aliphatic carbocycles. The van der Waals surface area contributed by atoms with Crippen molar-refractivity contribution in [3.8, 4) is 5.75 Å². The number of benzene rings is 2. The molecule has 0 atom stereocenters. The second kappa shape index (κ2) is 9.01. The zero-order valence-electron chi connectivity index (χ0n) is 15.9. The number of hydrogen-bond donors (Lipinski definition) is 0. The lowest BCUT2D eigenvalue weighted by molar-refractivity contribution is -0.147. The van der Waals surface area contributed by atoms with E-state index >= 15 is 0 Å². The van der Waals surface area contributed by atoms with E-state index in [2.05, 4.69) is 4.98 Å². The maximum atomic E-state index is 13.7. The zero-order valence-corrected chi connectivity index (χ0v) is 15.9. The number of ether oxygens (including phenoxy) is 2. The van der Waals surface area contributed by atoms with Crippen LogP contribution in [-0.4, -0.2) is 42.5 Å². The summed E-state index contributed by atoms with van der Waals surface area (Å²) in [5.74, 6) is -1.26. The highest BCUT2D eigenvalue weighted by atomic mass is 19.1. The molecular formula is C21H19FN2O5. The van der Waals surface area contributed by atoms with Gasteiger partial charge in [-0.05, 0) is 29.8 Å². The minimum atomic E-state index is -0.704. The van der Waals surface area contributed by atoms with E-state index in [0.717, 1.165) is 6.08 Å². The van der Waals surface area contributed by atoms with Crippen LogP contribution >= 0.6 is 0 Å². The second-order valence-electron chi connectivity index (χ2n) is 6.18. The summed E-state index contributed by atoms with van der Waals surface area (Å²) in [5.41, 5.74) is 1.86. The van der Waals surface area contributed by atoms with E-state index in [0.29, 0.717) is 16.7 Å². The second-order valence-corrected chi connectivity index (χ2v) is 6.18. The van der Waals surface area contributed by atoms with Crippen LogP contribution in [0.4, 0.5) is 4.39 Å². The fourth-order valence-electron chi connectivity index (χ4n) is 2.56. The number of aromatic nitrogens is 1. The molecule has 0 N–H and O–H groups in total. The maximum absolute atomic E-state index is 13.7. The molecular weight excluding hydrogens is 379 g/mol. The Morgan fingerprint density at radius 1 is 1.24 bits per heavy atom. The Morgan fingerprint density at radius 3 is 2.76 bits per heavy atom. The van der Waals surface area contributed by atoms with Gasteiger partial charge in [-0.25, -0.2) is 14.2 Å². The number of fused-ring (bicyclic) bond motifs is 1. The fraction of sp³-hybridized carbons (Fsp3) is 0.190. The van der Waals surface area contributed by atoms with Gasteiger partial charge in [0.05, 0.1) is 7.11 Å². The van der Waals surface area contributed by atoms with E-state index in [-0.39, 0.29) is 18.2 Å². The lowest BCUT2D eigenvalue weighted by atomic mass is 10.2. The highest BCUT2D eigenvalue weighted by Gasteiger charge is 2.13. The molecule has 0 aliphatic rings. The number of esters is 1. The fourth-order valence-corrected chi connectivity index (χ4v) is 2.56. The highest BCUT2D eigenvalue weighted by Crippen LogP contribution is 2.18. The minimum absolute atomic E-state index is 0.127. The van der Waals surface area contributed by atoms with E-state index in [9.17, 15) is 14.0 Å². The summed E-state index contributed by atoms with van der Waals surface area (Å²) < 4.78 is 29.0. The van der Waals surface area contributed by atoms with Crippen LogP contribution in [0.5, 0.6) is 5.75 Å². The van der Waals surface area contributed by atoms with Crippen molar-refractivity contribution in [3.05, 3.63) is 65.8 Å². The summed E-state index contributed by atoms with van der Waals surface area (Å²) in [6, 6.07) is 11.6. The van der Waals surface area contributed by atoms with Crippen LogP contribution in [0.1, 0.15) is 11.5 Å². The van der Waals surface area contributed by atoms with E-state index in [4.69, 9.17) is 13.9 Å². The smallest absolute Gasteiger partial charge is 0.331 e. The molecule has 0 unspecified atom stereocenters. The van der Waals surface area contributed by atoms with Crippen molar-refractivity contribution in [2.24, 2.45) is 0 Å². The standard InChI is InChI=1S/C21H19FN2O5/c1-24(12-14-7-8-17(27-2)15(22)11-14)20(25)13-28-21(26)10-9-19-23-16-5-3-4-6-18(16)29-19/h3-11H,12-13H2,1-2H3/b10-9+. The molecule has 1 amide bonds. The number of rotatable bonds is 7. The first kappa shape index (κ1) is 20.1. The first-order valence-corrected chi connectivity index (χ1v) is 8.73. The van der Waals surface area contributed by atoms with Crippen LogP contribution in [0.25, 0.3) is 17.2 Å². The molecule has 1 heterocycles. The molecule has 8 heteroatoms. The monoisotopic (exact) mass is 398 g/mol. The minimum Gasteiger partial charge on any atom is -0.494 e. The van der Waals surface area contributed by atoms with E-state index < -0.39 is 24.3 Å². The topological polar surface area (TPSA) is 81.9 Å². The van der Waals surface area contributed by atoms with Gasteiger partial charge in [0.15, 0.2) is 23.8 Å². The predicted molar refractivity (Wildman–Crippen MR) is 103 cm³/mol. The highest BCUT2D eigenvalue weighted by molar-refractivity contribution is 5.89. The van der Waals surface area contributed by atoms with Crippen molar-refractivity contribution in [1.29, 1.82) is 0 Å². The van der Waals surface area contributed by atoms with Crippen LogP contribution < -0.4 is 4.74 Å². The lowest BCUT2D eigenvalue weighted by Crippen LogP contribution is -2.30. The van der Waals surface area contributed by atoms with Gasteiger partial charge in [0, 0.05) is 25.7 Å². The maximum Gasteiger partial charge on any atom is 0.331 e. The average Bonchev–Trinajstić information content (AvgIpc) is 3.13. The third-order valence-corrected chi connectivity index (χ3v) is 4.07. The summed E-state index contributed by atoms with van der Waals surface area (Å²) in [4.78, 5) is 29.5. The van der Waals surface area contributed by atoms with Crippen molar-refractivity contribution < 1.29 is 27.9 Å². The Morgan fingerprint density at radius 2 is 2.03 bits per heavy atom. The van der Waals surface area contributed by atoms with Crippen molar-refractivity contribution in [2.45, 2.75) is 6.54 Å². The molecule has 2 aromatic carbocycles. The number of carbonyl (C=O) groups is 2. The number of nitrogens with zero attached hydrogens (tertiary/aromatic N) is 2. The van der Waals surface area contributed by atoms with Crippen molar-refractivity contribution in [2.75, 3.05) is 20.8 Å². The third kappa shape index (κ3) is 5.19. The summed E-state index contributed by atoms with van der Waals surface area (Å²) >= 11 is 0. The number of para-hydroxylation sites is 2. The molecule has 29 heavy (non-hydrogen) atoms. The third-order valence-electron chi connectivity index (χ3n) is 4.07. The average molecular weight is 398 g/mol. The number of oxazole rings is 1. The molecule has 0 fully saturated rings. The Kier molecular flexibility index (Phi) is 6.23. The van der Waals surface area contributed by atoms with Gasteiger partial charge in [0.2, 0.25) is 5.89 Å². The summed E-state index contributed by atoms with van der Waals surface area (Å²) in [5, 5.41) is 0. The number of amides is 1. The van der Waals surface area contributed by atoms with Crippen LogP contribution in [0.15, 0.2) is 53.0 Å². The largest absolute Gasteiger partial charge is 0.494 e. The Balaban J connectivity index is 1.49. The number of methoxy groups -OCH3 is 1. The number of hydrogen-bond acceptors (Lipinski definition) is 6. The van der Waals surface area contributed by atoms with Crippen molar-refractivity contribution >= 4 is 29.1 Å². The lowest BCUT2D eigenvalue weighted by Gasteiger charge is -2.17. The van der Waals surface area contributed by atoms with Gasteiger partial charge in [-0.3, -0.25) is 4.79 Å². The number of halogens is 1. The predicted octanol–water partition coefficient (Wildman–Crippen LogP) is 3.19. The van der Waals surface area contributed by atoms with Gasteiger partial charge < -0.3 is 18.8 Å². The summed E-state index contributed by atoms with van der Waals surface area (Å²) in [6.07, 6.45) is 2.51. The van der Waals surface area contributed by atoms with Crippen molar-refractivity contribution in [3.63, 3.8) is 0 Å². The van der Waals surface area contributed by atoms with Gasteiger partial charge in [-0.15, -0.1) is 0 Å². The molecule has 0 spiro atoms. The Labute approximate surface area is 166 Å². The van der Waals surface area contributed by atoms with Crippen molar-refractivity contribution in [1.82, 2.24) is 9.88 Å². The molecule has 3 rings (SSSR count). The molecule has 1 aromatic heterocycles. The van der Waals surface area contributed by atoms with Gasteiger partial charge in [-0.1, -0.05) is 18.2 Å². The summed E-state index contributed by atoms with van der Waals surface area (Å²) in [6.45, 7) is -0.276. The van der Waals surface area contributed by atoms with Gasteiger partial charge in [0.1, 0.15) is 5.52 Å². The van der Waals surface area contributed by atoms with Gasteiger partial charge in [0.25, 0.3) is 5.91 Å². The molecule has 0 aliphatic heterocycles. The Hall–Kier alpha value is -3.68. The zero-order chi connectivity index (χ0) is 20.8. The number of carbonyl (C=O) groups excluding carboxylic acids is 2. The number of likely N-dealkylation sites (N-methyl/N-ethyl adjacent to an activating group) is 1. The Bertz CT molecular complexity index is 1030. The SMILES string of the molecule is COc1ccc(CN(C)C(=O)COC(=O)/C=C/c2nc3ccccc3o2)cc1F. The van der Waals surface area contributed by atoms with E-state index in [1.807, 2.05) is 12.1 Å². The molecule has 0 radical (unpaired) electrons. The quantitative estimate of drug-likeness (QED) is 0.449. The van der Waals surface area contributed by atoms with E-state index in [1.165, 1.54) is 37.3 Å². The van der Waals surface area contributed by atoms with Crippen LogP contribution in [0.3, 0.4) is 0 Å². The molecule has 3 aromatic rings. The first-order chi connectivity index (χ1) is 14.0. The van der Waals surface area contributed by atoms with Gasteiger partial charge in [-0.2, -0.15) is 0 Å². The van der Waals surface area contributed by atoms with Crippen LogP contribution in [0.2, 0.25) is 0 Å². The normalized spacial score (nSPS) is 11.0. The molecule has 0 saturated heterocycles. The van der Waals surface area contributed by atoms with Gasteiger partial charge >= 0.3 is 5.97 Å². The molecule has 7 nitrogen and oxygen atoms in total. The molecule has 0 bridgehead atoms. The van der Waals surface area contributed by atoms with Crippen LogP contribution in [0, 0.1) is 5.82 Å². The summed E-state index contributed by atoms with van der Waals surface area (Å²) in [7, 11) is 2.91. The van der Waals surface area contributed by atoms with Crippen LogP contribution in [-0.2, 0) is 20.9 Å². The first-order valence-electron chi connectivity index (χ1n) is 8.73. The molecule has 0 saturated carbocycles.